The van der Waals surface area contributed by atoms with E-state index in [9.17, 15) is 9.90 Å². The van der Waals surface area contributed by atoms with Crippen molar-refractivity contribution in [2.45, 2.75) is 6.61 Å². The van der Waals surface area contributed by atoms with E-state index in [1.807, 2.05) is 24.3 Å². The van der Waals surface area contributed by atoms with Crippen molar-refractivity contribution in [3.8, 4) is 11.4 Å². The first kappa shape index (κ1) is 14.0. The minimum atomic E-state index is -0.352. The molecule has 6 nitrogen and oxygen atoms in total. The maximum absolute atomic E-state index is 11.7. The molecule has 4 aromatic rings. The third-order valence-electron chi connectivity index (χ3n) is 3.74. The zero-order valence-electron chi connectivity index (χ0n) is 12.2. The number of hydrogen-bond donors (Lipinski definition) is 3. The van der Waals surface area contributed by atoms with Crippen LogP contribution >= 0.6 is 11.3 Å². The minimum Gasteiger partial charge on any atom is -0.465 e. The highest BCUT2D eigenvalue weighted by Crippen LogP contribution is 2.34. The average molecular weight is 327 g/mol. The Kier molecular flexibility index (Phi) is 3.17. The lowest BCUT2D eigenvalue weighted by atomic mass is 10.1. The van der Waals surface area contributed by atoms with Gasteiger partial charge in [-0.1, -0.05) is 6.07 Å². The smallest absolute Gasteiger partial charge is 0.348 e. The first-order valence-electron chi connectivity index (χ1n) is 6.98. The standard InChI is InChI=1S/C16H13N3O3S/c1-22-16(21)13-6-12-15(23-13)14(19-18-12)11-5-9-4-8(7-20)2-3-10(9)17-11/h2-6,17,20H,7H2,1H3,(H,18,19). The third-order valence-corrected chi connectivity index (χ3v) is 4.87. The van der Waals surface area contributed by atoms with Crippen LogP contribution in [0.3, 0.4) is 0 Å². The number of rotatable bonds is 3. The second kappa shape index (κ2) is 5.22. The molecule has 116 valence electrons. The number of thiophene rings is 1. The molecule has 0 aliphatic heterocycles. The van der Waals surface area contributed by atoms with E-state index in [4.69, 9.17) is 4.74 Å². The number of nitrogens with zero attached hydrogens (tertiary/aromatic N) is 1. The summed E-state index contributed by atoms with van der Waals surface area (Å²) in [7, 11) is 1.37. The molecule has 7 heteroatoms. The summed E-state index contributed by atoms with van der Waals surface area (Å²) in [5.74, 6) is -0.352. The fraction of sp³-hybridized carbons (Fsp3) is 0.125. The molecule has 0 radical (unpaired) electrons. The van der Waals surface area contributed by atoms with Crippen LogP contribution in [0.2, 0.25) is 0 Å². The number of aliphatic hydroxyl groups is 1. The molecule has 23 heavy (non-hydrogen) atoms. The molecule has 0 aliphatic carbocycles. The maximum Gasteiger partial charge on any atom is 0.348 e. The van der Waals surface area contributed by atoms with Crippen LogP contribution in [0.1, 0.15) is 15.2 Å². The number of aliphatic hydroxyl groups excluding tert-OH is 1. The van der Waals surface area contributed by atoms with Crippen molar-refractivity contribution < 1.29 is 14.6 Å². The number of aromatic nitrogens is 3. The van der Waals surface area contributed by atoms with E-state index >= 15 is 0 Å². The van der Waals surface area contributed by atoms with Crippen molar-refractivity contribution in [2.24, 2.45) is 0 Å². The predicted molar refractivity (Wildman–Crippen MR) is 88.5 cm³/mol. The van der Waals surface area contributed by atoms with Crippen LogP contribution in [0.15, 0.2) is 30.3 Å². The molecule has 0 amide bonds. The molecule has 0 spiro atoms. The number of H-pyrrole nitrogens is 2. The Morgan fingerprint density at radius 3 is 2.96 bits per heavy atom. The van der Waals surface area contributed by atoms with Gasteiger partial charge >= 0.3 is 5.97 Å². The Morgan fingerprint density at radius 1 is 1.30 bits per heavy atom. The number of benzene rings is 1. The summed E-state index contributed by atoms with van der Waals surface area (Å²) in [6, 6.07) is 9.48. The Bertz CT molecular complexity index is 1030. The second-order valence-corrected chi connectivity index (χ2v) is 6.23. The van der Waals surface area contributed by atoms with Gasteiger partial charge in [-0.25, -0.2) is 4.79 Å². The van der Waals surface area contributed by atoms with Crippen molar-refractivity contribution in [1.82, 2.24) is 15.2 Å². The number of esters is 1. The topological polar surface area (TPSA) is 91.0 Å². The van der Waals surface area contributed by atoms with Crippen LogP contribution in [-0.4, -0.2) is 33.4 Å². The van der Waals surface area contributed by atoms with Crippen LogP contribution in [0.5, 0.6) is 0 Å². The van der Waals surface area contributed by atoms with Gasteiger partial charge in [-0.3, -0.25) is 5.10 Å². The summed E-state index contributed by atoms with van der Waals surface area (Å²) < 4.78 is 5.66. The van der Waals surface area contributed by atoms with E-state index in [1.54, 1.807) is 6.07 Å². The van der Waals surface area contributed by atoms with Crippen molar-refractivity contribution in [3.63, 3.8) is 0 Å². The molecule has 0 fully saturated rings. The number of methoxy groups -OCH3 is 1. The fourth-order valence-electron chi connectivity index (χ4n) is 2.61. The van der Waals surface area contributed by atoms with E-state index in [0.717, 1.165) is 38.1 Å². The molecule has 0 unspecified atom stereocenters. The van der Waals surface area contributed by atoms with Gasteiger partial charge in [0.25, 0.3) is 0 Å². The summed E-state index contributed by atoms with van der Waals surface area (Å²) >= 11 is 1.35. The SMILES string of the molecule is COC(=O)c1cc2[nH]nc(-c3cc4cc(CO)ccc4[nH]3)c2s1. The van der Waals surface area contributed by atoms with E-state index in [1.165, 1.54) is 18.4 Å². The van der Waals surface area contributed by atoms with Gasteiger partial charge in [0.1, 0.15) is 10.6 Å². The van der Waals surface area contributed by atoms with Gasteiger partial charge in [-0.05, 0) is 29.8 Å². The number of aromatic amines is 2. The quantitative estimate of drug-likeness (QED) is 0.504. The number of hydrogen-bond acceptors (Lipinski definition) is 5. The lowest BCUT2D eigenvalue weighted by Crippen LogP contribution is -1.96. The van der Waals surface area contributed by atoms with Crippen molar-refractivity contribution in [3.05, 3.63) is 40.8 Å². The lowest BCUT2D eigenvalue weighted by Gasteiger charge is -1.94. The minimum absolute atomic E-state index is 0.0104. The van der Waals surface area contributed by atoms with E-state index in [0.29, 0.717) is 4.88 Å². The van der Waals surface area contributed by atoms with E-state index < -0.39 is 0 Å². The molecule has 0 saturated heterocycles. The van der Waals surface area contributed by atoms with Gasteiger partial charge in [0.15, 0.2) is 0 Å². The number of carbonyl (C=O) groups is 1. The normalized spacial score (nSPS) is 11.4. The first-order chi connectivity index (χ1) is 11.2. The summed E-state index contributed by atoms with van der Waals surface area (Å²) in [4.78, 5) is 15.5. The zero-order chi connectivity index (χ0) is 16.0. The Balaban J connectivity index is 1.84. The molecule has 0 saturated carbocycles. The summed E-state index contributed by atoms with van der Waals surface area (Å²) in [6.45, 7) is 0.0104. The van der Waals surface area contributed by atoms with Crippen molar-refractivity contribution >= 4 is 38.4 Å². The van der Waals surface area contributed by atoms with Gasteiger partial charge in [-0.2, -0.15) is 5.10 Å². The monoisotopic (exact) mass is 327 g/mol. The highest BCUT2D eigenvalue weighted by molar-refractivity contribution is 7.21. The van der Waals surface area contributed by atoms with Crippen LogP contribution in [-0.2, 0) is 11.3 Å². The molecule has 0 atom stereocenters. The van der Waals surface area contributed by atoms with Crippen LogP contribution in [0, 0.1) is 0 Å². The largest absolute Gasteiger partial charge is 0.465 e. The van der Waals surface area contributed by atoms with Crippen LogP contribution in [0.25, 0.3) is 32.5 Å². The van der Waals surface area contributed by atoms with Crippen molar-refractivity contribution in [2.75, 3.05) is 7.11 Å². The van der Waals surface area contributed by atoms with Crippen LogP contribution in [0.4, 0.5) is 0 Å². The zero-order valence-corrected chi connectivity index (χ0v) is 13.0. The Hall–Kier alpha value is -2.64. The van der Waals surface area contributed by atoms with Crippen molar-refractivity contribution in [1.29, 1.82) is 0 Å². The van der Waals surface area contributed by atoms with Crippen LogP contribution < -0.4 is 0 Å². The summed E-state index contributed by atoms with van der Waals surface area (Å²) in [5.41, 5.74) is 4.26. The first-order valence-corrected chi connectivity index (χ1v) is 7.80. The molecule has 3 N–H and O–H groups in total. The molecule has 0 aliphatic rings. The number of nitrogens with one attached hydrogen (secondary N) is 2. The van der Waals surface area contributed by atoms with Gasteiger partial charge in [0.05, 0.1) is 29.6 Å². The number of fused-ring (bicyclic) bond motifs is 2. The van der Waals surface area contributed by atoms with Gasteiger partial charge in [0.2, 0.25) is 0 Å². The number of carbonyl (C=O) groups excluding carboxylic acids is 1. The Labute approximate surface area is 134 Å². The van der Waals surface area contributed by atoms with E-state index in [2.05, 4.69) is 15.2 Å². The Morgan fingerprint density at radius 2 is 2.17 bits per heavy atom. The molecule has 3 heterocycles. The maximum atomic E-state index is 11.7. The molecular formula is C16H13N3O3S. The van der Waals surface area contributed by atoms with Gasteiger partial charge in [0, 0.05) is 10.9 Å². The summed E-state index contributed by atoms with van der Waals surface area (Å²) in [5, 5.41) is 17.5. The van der Waals surface area contributed by atoms with Gasteiger partial charge < -0.3 is 14.8 Å². The molecular weight excluding hydrogens is 314 g/mol. The second-order valence-electron chi connectivity index (χ2n) is 5.18. The van der Waals surface area contributed by atoms with E-state index in [-0.39, 0.29) is 12.6 Å². The average Bonchev–Trinajstić information content (AvgIpc) is 3.25. The number of ether oxygens (including phenoxy) is 1. The highest BCUT2D eigenvalue weighted by Gasteiger charge is 2.17. The third kappa shape index (κ3) is 2.21. The molecule has 3 aromatic heterocycles. The predicted octanol–water partition coefficient (Wildman–Crippen LogP) is 3.05. The lowest BCUT2D eigenvalue weighted by molar-refractivity contribution is 0.0606. The van der Waals surface area contributed by atoms with Gasteiger partial charge in [-0.15, -0.1) is 11.3 Å². The highest BCUT2D eigenvalue weighted by atomic mass is 32.1. The molecule has 1 aromatic carbocycles. The fourth-order valence-corrected chi connectivity index (χ4v) is 3.64. The summed E-state index contributed by atoms with van der Waals surface area (Å²) in [6.07, 6.45) is 0. The molecule has 0 bridgehead atoms. The molecule has 4 rings (SSSR count).